The van der Waals surface area contributed by atoms with Crippen molar-refractivity contribution in [1.29, 1.82) is 0 Å². The lowest BCUT2D eigenvalue weighted by molar-refractivity contribution is -0.119. The molecule has 1 amide bonds. The lowest BCUT2D eigenvalue weighted by atomic mass is 10.2. The van der Waals surface area contributed by atoms with Crippen molar-refractivity contribution in [2.75, 3.05) is 0 Å². The van der Waals surface area contributed by atoms with Gasteiger partial charge in [-0.15, -0.1) is 0 Å². The SMILES string of the molecule is CC(CC(N)=O)Oc1cccc(Cl)c1. The van der Waals surface area contributed by atoms with Crippen molar-refractivity contribution in [1.82, 2.24) is 0 Å². The molecule has 0 aromatic heterocycles. The molecule has 0 spiro atoms. The van der Waals surface area contributed by atoms with Gasteiger partial charge in [-0.3, -0.25) is 4.79 Å². The Balaban J connectivity index is 2.55. The molecule has 76 valence electrons. The van der Waals surface area contributed by atoms with E-state index in [9.17, 15) is 4.79 Å². The Bertz CT molecular complexity index is 328. The number of ether oxygens (including phenoxy) is 1. The molecule has 1 aromatic carbocycles. The second kappa shape index (κ2) is 4.86. The lowest BCUT2D eigenvalue weighted by Crippen LogP contribution is -2.22. The third kappa shape index (κ3) is 3.66. The van der Waals surface area contributed by atoms with Gasteiger partial charge in [0.15, 0.2) is 0 Å². The van der Waals surface area contributed by atoms with E-state index in [-0.39, 0.29) is 18.4 Å². The van der Waals surface area contributed by atoms with E-state index in [4.69, 9.17) is 22.1 Å². The number of halogens is 1. The number of carbonyl (C=O) groups is 1. The second-order valence-electron chi connectivity index (χ2n) is 3.06. The molecule has 3 nitrogen and oxygen atoms in total. The summed E-state index contributed by atoms with van der Waals surface area (Å²) < 4.78 is 5.42. The molecule has 1 aromatic rings. The summed E-state index contributed by atoms with van der Waals surface area (Å²) in [5.41, 5.74) is 5.03. The van der Waals surface area contributed by atoms with Crippen LogP contribution < -0.4 is 10.5 Å². The zero-order valence-electron chi connectivity index (χ0n) is 7.87. The van der Waals surface area contributed by atoms with Crippen LogP contribution in [0.5, 0.6) is 5.75 Å². The van der Waals surface area contributed by atoms with Crippen LogP contribution in [-0.2, 0) is 4.79 Å². The molecule has 0 aliphatic heterocycles. The molecule has 0 aliphatic carbocycles. The number of amides is 1. The first-order chi connectivity index (χ1) is 6.58. The van der Waals surface area contributed by atoms with E-state index < -0.39 is 0 Å². The first kappa shape index (κ1) is 10.9. The predicted octanol–water partition coefficient (Wildman–Crippen LogP) is 1.98. The van der Waals surface area contributed by atoms with E-state index in [1.807, 2.05) is 0 Å². The summed E-state index contributed by atoms with van der Waals surface area (Å²) in [5.74, 6) is 0.269. The highest BCUT2D eigenvalue weighted by molar-refractivity contribution is 6.30. The zero-order chi connectivity index (χ0) is 10.6. The first-order valence-corrected chi connectivity index (χ1v) is 4.66. The molecule has 1 rings (SSSR count). The Labute approximate surface area is 87.8 Å². The molecular weight excluding hydrogens is 202 g/mol. The number of nitrogens with two attached hydrogens (primary N) is 1. The molecule has 1 atom stereocenters. The van der Waals surface area contributed by atoms with Crippen LogP contribution in [0.2, 0.25) is 5.02 Å². The third-order valence-electron chi connectivity index (χ3n) is 1.62. The summed E-state index contributed by atoms with van der Waals surface area (Å²) in [6.07, 6.45) is -0.0297. The van der Waals surface area contributed by atoms with E-state index in [1.165, 1.54) is 0 Å². The summed E-state index contributed by atoms with van der Waals surface area (Å²) in [5, 5.41) is 0.605. The van der Waals surface area contributed by atoms with Crippen LogP contribution in [0.3, 0.4) is 0 Å². The zero-order valence-corrected chi connectivity index (χ0v) is 8.62. The minimum absolute atomic E-state index is 0.201. The maximum absolute atomic E-state index is 10.6. The monoisotopic (exact) mass is 213 g/mol. The highest BCUT2D eigenvalue weighted by atomic mass is 35.5. The van der Waals surface area contributed by atoms with Crippen LogP contribution >= 0.6 is 11.6 Å². The Morgan fingerprint density at radius 1 is 1.64 bits per heavy atom. The molecule has 0 aliphatic rings. The van der Waals surface area contributed by atoms with Gasteiger partial charge in [0, 0.05) is 5.02 Å². The van der Waals surface area contributed by atoms with Crippen LogP contribution in [0.1, 0.15) is 13.3 Å². The van der Waals surface area contributed by atoms with Crippen molar-refractivity contribution in [3.63, 3.8) is 0 Å². The van der Waals surface area contributed by atoms with Crippen molar-refractivity contribution in [2.24, 2.45) is 5.73 Å². The van der Waals surface area contributed by atoms with Gasteiger partial charge in [-0.2, -0.15) is 0 Å². The van der Waals surface area contributed by atoms with Crippen molar-refractivity contribution in [2.45, 2.75) is 19.4 Å². The van der Waals surface area contributed by atoms with Crippen LogP contribution in [-0.4, -0.2) is 12.0 Å². The van der Waals surface area contributed by atoms with Gasteiger partial charge in [-0.05, 0) is 25.1 Å². The van der Waals surface area contributed by atoms with E-state index in [1.54, 1.807) is 31.2 Å². The lowest BCUT2D eigenvalue weighted by Gasteiger charge is -2.12. The molecule has 0 radical (unpaired) electrons. The molecule has 1 unspecified atom stereocenters. The number of carbonyl (C=O) groups excluding carboxylic acids is 1. The molecule has 14 heavy (non-hydrogen) atoms. The van der Waals surface area contributed by atoms with Gasteiger partial charge in [0.05, 0.1) is 6.42 Å². The minimum atomic E-state index is -0.375. The van der Waals surface area contributed by atoms with Gasteiger partial charge in [-0.1, -0.05) is 17.7 Å². The second-order valence-corrected chi connectivity index (χ2v) is 3.49. The quantitative estimate of drug-likeness (QED) is 0.832. The van der Waals surface area contributed by atoms with E-state index >= 15 is 0 Å². The van der Waals surface area contributed by atoms with Gasteiger partial charge in [0.2, 0.25) is 5.91 Å². The highest BCUT2D eigenvalue weighted by Crippen LogP contribution is 2.18. The summed E-state index contributed by atoms with van der Waals surface area (Å²) in [4.78, 5) is 10.6. The molecule has 0 heterocycles. The van der Waals surface area contributed by atoms with Gasteiger partial charge in [-0.25, -0.2) is 0 Å². The fourth-order valence-electron chi connectivity index (χ4n) is 1.10. The van der Waals surface area contributed by atoms with Gasteiger partial charge in [0.1, 0.15) is 11.9 Å². The Hall–Kier alpha value is -1.22. The normalized spacial score (nSPS) is 12.1. The topological polar surface area (TPSA) is 52.3 Å². The number of hydrogen-bond donors (Lipinski definition) is 1. The summed E-state index contributed by atoms with van der Waals surface area (Å²) in [6.45, 7) is 1.78. The predicted molar refractivity (Wildman–Crippen MR) is 55.4 cm³/mol. The largest absolute Gasteiger partial charge is 0.490 e. The van der Waals surface area contributed by atoms with Crippen molar-refractivity contribution < 1.29 is 9.53 Å². The number of rotatable bonds is 4. The van der Waals surface area contributed by atoms with Gasteiger partial charge < -0.3 is 10.5 Å². The maximum atomic E-state index is 10.6. The Morgan fingerprint density at radius 3 is 2.93 bits per heavy atom. The maximum Gasteiger partial charge on any atom is 0.221 e. The fourth-order valence-corrected chi connectivity index (χ4v) is 1.28. The number of primary amides is 1. The van der Waals surface area contributed by atoms with Crippen LogP contribution in [0, 0.1) is 0 Å². The Kier molecular flexibility index (Phi) is 3.77. The van der Waals surface area contributed by atoms with E-state index in [0.29, 0.717) is 10.8 Å². The van der Waals surface area contributed by atoms with Crippen LogP contribution in [0.15, 0.2) is 24.3 Å². The van der Waals surface area contributed by atoms with Crippen molar-refractivity contribution >= 4 is 17.5 Å². The van der Waals surface area contributed by atoms with Crippen LogP contribution in [0.4, 0.5) is 0 Å². The summed E-state index contributed by atoms with van der Waals surface area (Å²) >= 11 is 5.76. The molecule has 0 bridgehead atoms. The molecule has 0 fully saturated rings. The van der Waals surface area contributed by atoms with E-state index in [0.717, 1.165) is 0 Å². The van der Waals surface area contributed by atoms with Gasteiger partial charge >= 0.3 is 0 Å². The standard InChI is InChI=1S/C10H12ClNO2/c1-7(5-10(12)13)14-9-4-2-3-8(11)6-9/h2-4,6-7H,5H2,1H3,(H2,12,13). The molecular formula is C10H12ClNO2. The number of hydrogen-bond acceptors (Lipinski definition) is 2. The smallest absolute Gasteiger partial charge is 0.221 e. The van der Waals surface area contributed by atoms with E-state index in [2.05, 4.69) is 0 Å². The van der Waals surface area contributed by atoms with Crippen molar-refractivity contribution in [3.05, 3.63) is 29.3 Å². The summed E-state index contributed by atoms with van der Waals surface area (Å²) in [7, 11) is 0. The Morgan fingerprint density at radius 2 is 2.36 bits per heavy atom. The third-order valence-corrected chi connectivity index (χ3v) is 1.86. The first-order valence-electron chi connectivity index (χ1n) is 4.28. The molecule has 4 heteroatoms. The average Bonchev–Trinajstić information content (AvgIpc) is 2.01. The highest BCUT2D eigenvalue weighted by Gasteiger charge is 2.07. The molecule has 0 saturated carbocycles. The summed E-state index contributed by atoms with van der Waals surface area (Å²) in [6, 6.07) is 7.02. The van der Waals surface area contributed by atoms with Crippen LogP contribution in [0.25, 0.3) is 0 Å². The minimum Gasteiger partial charge on any atom is -0.490 e. The molecule has 2 N–H and O–H groups in total. The van der Waals surface area contributed by atoms with Gasteiger partial charge in [0.25, 0.3) is 0 Å². The number of benzene rings is 1. The van der Waals surface area contributed by atoms with Crippen molar-refractivity contribution in [3.8, 4) is 5.75 Å². The molecule has 0 saturated heterocycles. The fraction of sp³-hybridized carbons (Fsp3) is 0.300. The average molecular weight is 214 g/mol.